The average molecular weight is 201 g/mol. The smallest absolute Gasteiger partial charge is 0.128 e. The van der Waals surface area contributed by atoms with Gasteiger partial charge in [0.15, 0.2) is 0 Å². The van der Waals surface area contributed by atoms with Gasteiger partial charge in [-0.25, -0.2) is 0 Å². The molecule has 2 aromatic rings. The van der Waals surface area contributed by atoms with Gasteiger partial charge in [0.25, 0.3) is 0 Å². The molecule has 2 heteroatoms. The molecule has 0 atom stereocenters. The molecule has 0 saturated heterocycles. The fourth-order valence-electron chi connectivity index (χ4n) is 1.90. The van der Waals surface area contributed by atoms with E-state index in [1.165, 1.54) is 0 Å². The van der Waals surface area contributed by atoms with Crippen LogP contribution in [0.25, 0.3) is 10.8 Å². The van der Waals surface area contributed by atoms with E-state index in [2.05, 4.69) is 18.8 Å². The van der Waals surface area contributed by atoms with Gasteiger partial charge >= 0.3 is 0 Å². The number of hydrogen-bond acceptors (Lipinski definition) is 2. The molecule has 2 nitrogen and oxygen atoms in total. The van der Waals surface area contributed by atoms with Crippen LogP contribution in [0.4, 0.5) is 0 Å². The van der Waals surface area contributed by atoms with Crippen molar-refractivity contribution in [2.24, 2.45) is 0 Å². The highest BCUT2D eigenvalue weighted by atomic mass is 16.3. The summed E-state index contributed by atoms with van der Waals surface area (Å²) >= 11 is 0. The maximum absolute atomic E-state index is 10.2. The second-order valence-electron chi connectivity index (χ2n) is 4.15. The van der Waals surface area contributed by atoms with Crippen molar-refractivity contribution in [2.75, 3.05) is 0 Å². The van der Waals surface area contributed by atoms with Crippen LogP contribution in [0.3, 0.4) is 0 Å². The molecule has 0 radical (unpaired) electrons. The number of aromatic nitrogens is 1. The molecular weight excluding hydrogens is 186 g/mol. The van der Waals surface area contributed by atoms with Crippen molar-refractivity contribution in [3.63, 3.8) is 0 Å². The molecule has 0 spiro atoms. The van der Waals surface area contributed by atoms with E-state index in [-0.39, 0.29) is 0 Å². The minimum Gasteiger partial charge on any atom is -0.507 e. The normalized spacial score (nSPS) is 11.2. The lowest BCUT2D eigenvalue weighted by Gasteiger charge is -2.11. The van der Waals surface area contributed by atoms with Crippen LogP contribution >= 0.6 is 0 Å². The van der Waals surface area contributed by atoms with Crippen molar-refractivity contribution in [3.05, 3.63) is 35.7 Å². The van der Waals surface area contributed by atoms with E-state index in [0.29, 0.717) is 11.7 Å². The summed E-state index contributed by atoms with van der Waals surface area (Å²) in [5.41, 5.74) is 1.87. The van der Waals surface area contributed by atoms with Gasteiger partial charge in [-0.05, 0) is 29.9 Å². The van der Waals surface area contributed by atoms with Crippen LogP contribution in [-0.2, 0) is 0 Å². The number of phenolic OH excluding ortho intramolecular Hbond substituents is 1. The Morgan fingerprint density at radius 1 is 1.20 bits per heavy atom. The first kappa shape index (κ1) is 9.97. The minimum absolute atomic E-state index is 0.328. The van der Waals surface area contributed by atoms with Gasteiger partial charge in [0.2, 0.25) is 0 Å². The number of pyridine rings is 1. The van der Waals surface area contributed by atoms with E-state index in [1.54, 1.807) is 6.20 Å². The summed E-state index contributed by atoms with van der Waals surface area (Å²) in [4.78, 5) is 4.21. The van der Waals surface area contributed by atoms with Gasteiger partial charge in [-0.15, -0.1) is 0 Å². The quantitative estimate of drug-likeness (QED) is 0.767. The molecule has 2 rings (SSSR count). The molecule has 1 aromatic carbocycles. The number of phenols is 1. The van der Waals surface area contributed by atoms with Crippen molar-refractivity contribution >= 4 is 10.8 Å². The fraction of sp³-hybridized carbons (Fsp3) is 0.308. The van der Waals surface area contributed by atoms with Crippen molar-refractivity contribution in [1.29, 1.82) is 0 Å². The number of benzene rings is 1. The zero-order valence-corrected chi connectivity index (χ0v) is 9.28. The van der Waals surface area contributed by atoms with E-state index in [9.17, 15) is 5.11 Å². The number of fused-ring (bicyclic) bond motifs is 1. The summed E-state index contributed by atoms with van der Waals surface area (Å²) < 4.78 is 0. The molecule has 0 fully saturated rings. The summed E-state index contributed by atoms with van der Waals surface area (Å²) in [6.45, 7) is 6.07. The number of aryl methyl sites for hydroxylation is 1. The second-order valence-corrected chi connectivity index (χ2v) is 4.15. The minimum atomic E-state index is 0.328. The molecule has 1 aromatic heterocycles. The third-order valence-corrected chi connectivity index (χ3v) is 2.75. The summed E-state index contributed by atoms with van der Waals surface area (Å²) in [6.07, 6.45) is 1.77. The number of rotatable bonds is 1. The highest BCUT2D eigenvalue weighted by Crippen LogP contribution is 2.34. The van der Waals surface area contributed by atoms with Gasteiger partial charge in [-0.1, -0.05) is 26.0 Å². The molecule has 0 aliphatic carbocycles. The van der Waals surface area contributed by atoms with E-state index in [0.717, 1.165) is 22.0 Å². The van der Waals surface area contributed by atoms with E-state index >= 15 is 0 Å². The highest BCUT2D eigenvalue weighted by molar-refractivity contribution is 5.91. The highest BCUT2D eigenvalue weighted by Gasteiger charge is 2.11. The van der Waals surface area contributed by atoms with Gasteiger partial charge in [0, 0.05) is 17.3 Å². The van der Waals surface area contributed by atoms with E-state index in [4.69, 9.17) is 0 Å². The predicted molar refractivity (Wildman–Crippen MR) is 62.2 cm³/mol. The molecule has 0 bridgehead atoms. The van der Waals surface area contributed by atoms with Gasteiger partial charge in [0.05, 0.1) is 0 Å². The third kappa shape index (κ3) is 1.56. The zero-order valence-electron chi connectivity index (χ0n) is 9.28. The monoisotopic (exact) mass is 201 g/mol. The molecule has 0 amide bonds. The van der Waals surface area contributed by atoms with Crippen molar-refractivity contribution in [1.82, 2.24) is 4.98 Å². The van der Waals surface area contributed by atoms with Crippen LogP contribution in [0.2, 0.25) is 0 Å². The van der Waals surface area contributed by atoms with Crippen LogP contribution in [-0.4, -0.2) is 10.1 Å². The molecule has 1 heterocycles. The molecule has 78 valence electrons. The number of nitrogens with zero attached hydrogens (tertiary/aromatic N) is 1. The lowest BCUT2D eigenvalue weighted by molar-refractivity contribution is 0.471. The Labute approximate surface area is 89.6 Å². The predicted octanol–water partition coefficient (Wildman–Crippen LogP) is 3.37. The molecule has 0 saturated carbocycles. The summed E-state index contributed by atoms with van der Waals surface area (Å²) in [5.74, 6) is 0.710. The topological polar surface area (TPSA) is 33.1 Å². The molecule has 0 unspecified atom stereocenters. The average Bonchev–Trinajstić information content (AvgIpc) is 2.17. The number of aromatic hydroxyl groups is 1. The Balaban J connectivity index is 2.83. The Morgan fingerprint density at radius 2 is 1.93 bits per heavy atom. The summed E-state index contributed by atoms with van der Waals surface area (Å²) in [5, 5.41) is 12.1. The van der Waals surface area contributed by atoms with Crippen molar-refractivity contribution in [2.45, 2.75) is 26.7 Å². The van der Waals surface area contributed by atoms with E-state index < -0.39 is 0 Å². The van der Waals surface area contributed by atoms with Gasteiger partial charge in [-0.2, -0.15) is 0 Å². The van der Waals surface area contributed by atoms with Crippen LogP contribution in [0, 0.1) is 6.92 Å². The first-order chi connectivity index (χ1) is 7.11. The largest absolute Gasteiger partial charge is 0.507 e. The molecular formula is C13H15NO. The standard InChI is InChI=1S/C13H15NO/c1-8(2)11-5-4-10-6-7-14-9(3)12(10)13(11)15/h4-8,15H,1-3H3. The van der Waals surface area contributed by atoms with Gasteiger partial charge in [0.1, 0.15) is 5.75 Å². The Bertz CT molecular complexity index is 503. The van der Waals surface area contributed by atoms with Gasteiger partial charge in [-0.3, -0.25) is 4.98 Å². The number of hydrogen-bond donors (Lipinski definition) is 1. The van der Waals surface area contributed by atoms with Crippen LogP contribution < -0.4 is 0 Å². The summed E-state index contributed by atoms with van der Waals surface area (Å²) in [7, 11) is 0. The van der Waals surface area contributed by atoms with Crippen LogP contribution in [0.15, 0.2) is 24.4 Å². The Morgan fingerprint density at radius 3 is 2.60 bits per heavy atom. The molecule has 15 heavy (non-hydrogen) atoms. The molecule has 1 N–H and O–H groups in total. The first-order valence-corrected chi connectivity index (χ1v) is 5.18. The van der Waals surface area contributed by atoms with Crippen molar-refractivity contribution in [3.8, 4) is 5.75 Å². The maximum Gasteiger partial charge on any atom is 0.128 e. The molecule has 0 aliphatic rings. The van der Waals surface area contributed by atoms with Crippen LogP contribution in [0.5, 0.6) is 5.75 Å². The van der Waals surface area contributed by atoms with Crippen LogP contribution in [0.1, 0.15) is 31.0 Å². The van der Waals surface area contributed by atoms with Crippen molar-refractivity contribution < 1.29 is 5.11 Å². The van der Waals surface area contributed by atoms with E-state index in [1.807, 2.05) is 25.1 Å². The zero-order chi connectivity index (χ0) is 11.0. The third-order valence-electron chi connectivity index (χ3n) is 2.75. The first-order valence-electron chi connectivity index (χ1n) is 5.18. The molecule has 0 aliphatic heterocycles. The Kier molecular flexibility index (Phi) is 2.35. The SMILES string of the molecule is Cc1nccc2ccc(C(C)C)c(O)c12. The fourth-order valence-corrected chi connectivity index (χ4v) is 1.90. The van der Waals surface area contributed by atoms with Gasteiger partial charge < -0.3 is 5.11 Å². The summed E-state index contributed by atoms with van der Waals surface area (Å²) in [6, 6.07) is 5.95. The lowest BCUT2D eigenvalue weighted by Crippen LogP contribution is -1.91. The second kappa shape index (κ2) is 3.54. The lowest BCUT2D eigenvalue weighted by atomic mass is 9.97. The Hall–Kier alpha value is -1.57. The maximum atomic E-state index is 10.2.